The summed E-state index contributed by atoms with van der Waals surface area (Å²) in [6, 6.07) is 42.1. The van der Waals surface area contributed by atoms with Gasteiger partial charge >= 0.3 is 0 Å². The first-order valence-electron chi connectivity index (χ1n) is 16.3. The quantitative estimate of drug-likeness (QED) is 0.156. The van der Waals surface area contributed by atoms with Crippen molar-refractivity contribution in [2.45, 2.75) is 39.7 Å². The molecule has 3 heteroatoms. The van der Waals surface area contributed by atoms with Crippen LogP contribution < -0.4 is 14.4 Å². The minimum absolute atomic E-state index is 0.642. The largest absolute Gasteiger partial charge is 0.493 e. The number of anilines is 1. The Kier molecular flexibility index (Phi) is 10.00. The van der Waals surface area contributed by atoms with Crippen LogP contribution in [0.1, 0.15) is 47.6 Å². The van der Waals surface area contributed by atoms with Crippen LogP contribution in [-0.2, 0) is 13.0 Å². The van der Waals surface area contributed by atoms with Gasteiger partial charge in [0.05, 0.1) is 6.61 Å². The van der Waals surface area contributed by atoms with Gasteiger partial charge in [-0.15, -0.1) is 0 Å². The monoisotopic (exact) mass is 604 g/mol. The molecule has 0 saturated heterocycles. The highest BCUT2D eigenvalue weighted by Crippen LogP contribution is 2.37. The third kappa shape index (κ3) is 7.79. The predicted molar refractivity (Wildman–Crippen MR) is 193 cm³/mol. The molecule has 7 rings (SSSR count). The zero-order valence-corrected chi connectivity index (χ0v) is 26.9. The molecule has 0 amide bonds. The summed E-state index contributed by atoms with van der Waals surface area (Å²) in [5.74, 6) is 2.45. The highest BCUT2D eigenvalue weighted by molar-refractivity contribution is 5.89. The molecule has 0 aromatic heterocycles. The Bertz CT molecular complexity index is 1810. The lowest BCUT2D eigenvalue weighted by molar-refractivity contribution is 0.317. The summed E-state index contributed by atoms with van der Waals surface area (Å²) in [5.41, 5.74) is 10.9. The highest BCUT2D eigenvalue weighted by Gasteiger charge is 2.19. The lowest BCUT2D eigenvalue weighted by Crippen LogP contribution is -2.22. The van der Waals surface area contributed by atoms with Crippen molar-refractivity contribution in [3.8, 4) is 22.6 Å². The Morgan fingerprint density at radius 2 is 1.54 bits per heavy atom. The maximum Gasteiger partial charge on any atom is 0.128 e. The second-order valence-corrected chi connectivity index (χ2v) is 11.8. The van der Waals surface area contributed by atoms with Gasteiger partial charge in [0, 0.05) is 30.8 Å². The third-order valence-corrected chi connectivity index (χ3v) is 8.46. The van der Waals surface area contributed by atoms with Crippen molar-refractivity contribution in [3.05, 3.63) is 168 Å². The molecule has 1 aliphatic carbocycles. The summed E-state index contributed by atoms with van der Waals surface area (Å²) in [6.07, 6.45) is 7.63. The summed E-state index contributed by atoms with van der Waals surface area (Å²) >= 11 is 0. The Morgan fingerprint density at radius 1 is 0.804 bits per heavy atom. The topological polar surface area (TPSA) is 21.7 Å². The van der Waals surface area contributed by atoms with Gasteiger partial charge in [-0.25, -0.2) is 0 Å². The van der Waals surface area contributed by atoms with E-state index in [4.69, 9.17) is 9.47 Å². The van der Waals surface area contributed by atoms with Gasteiger partial charge in [0.15, 0.2) is 0 Å². The summed E-state index contributed by atoms with van der Waals surface area (Å²) in [6.45, 7) is 11.2. The standard InChI is InChI=1S/C36H34NO2.C7H8/c1-3-37(31-12-5-4-6-13-31)25-30-24-32(19-20-34(30)27-16-17-27)39-26(2)33-14-7-8-15-35(33)28-18-21-36-29(23-28)11-9-10-22-38-36;1-7-5-3-2-4-6-7/h4-8,12-21,23-24H,2-3,9-11,22,25H2,1H3;2-6H,1H3. The number of allylic oxidation sites excluding steroid dienone is 2. The van der Waals surface area contributed by atoms with Crippen LogP contribution in [0.25, 0.3) is 22.5 Å². The summed E-state index contributed by atoms with van der Waals surface area (Å²) in [5, 5.41) is 0. The fraction of sp³-hybridized carbons (Fsp3) is 0.186. The lowest BCUT2D eigenvalue weighted by Gasteiger charge is -2.25. The lowest BCUT2D eigenvalue weighted by atomic mass is 9.95. The van der Waals surface area contributed by atoms with Gasteiger partial charge in [-0.1, -0.05) is 103 Å². The number of ether oxygens (including phenoxy) is 2. The maximum absolute atomic E-state index is 6.44. The van der Waals surface area contributed by atoms with E-state index in [2.05, 4.69) is 135 Å². The number of nitrogens with zero attached hydrogens (tertiary/aromatic N) is 1. The molecule has 0 spiro atoms. The summed E-state index contributed by atoms with van der Waals surface area (Å²) < 4.78 is 12.4. The number of rotatable bonds is 9. The normalized spacial score (nSPS) is 13.1. The van der Waals surface area contributed by atoms with Gasteiger partial charge in [-0.05, 0) is 103 Å². The number of hydrogen-bond acceptors (Lipinski definition) is 3. The minimum Gasteiger partial charge on any atom is -0.493 e. The van der Waals surface area contributed by atoms with Crippen LogP contribution >= 0.6 is 0 Å². The SMILES string of the molecule is C=C(Oc1ccc(C2=C[CH]2)c(CN(CC)c2ccccc2)c1)c1ccccc1-c1ccc2c(c1)CCCCO2.Cc1ccccc1. The van der Waals surface area contributed by atoms with Crippen LogP contribution in [0.15, 0.2) is 134 Å². The van der Waals surface area contributed by atoms with Gasteiger partial charge in [0.1, 0.15) is 17.3 Å². The number of fused-ring (bicyclic) bond motifs is 1. The van der Waals surface area contributed by atoms with E-state index in [-0.39, 0.29) is 0 Å². The second kappa shape index (κ2) is 14.8. The first-order chi connectivity index (χ1) is 22.6. The van der Waals surface area contributed by atoms with E-state index >= 15 is 0 Å². The zero-order chi connectivity index (χ0) is 31.7. The number of aryl methyl sites for hydroxylation is 2. The molecule has 0 fully saturated rings. The molecule has 2 aliphatic rings. The van der Waals surface area contributed by atoms with E-state index in [0.29, 0.717) is 5.76 Å². The van der Waals surface area contributed by atoms with Crippen molar-refractivity contribution >= 4 is 17.0 Å². The van der Waals surface area contributed by atoms with Gasteiger partial charge in [0.25, 0.3) is 0 Å². The maximum atomic E-state index is 6.44. The minimum atomic E-state index is 0.642. The molecule has 1 radical (unpaired) electrons. The first-order valence-corrected chi connectivity index (χ1v) is 16.3. The molecule has 3 nitrogen and oxygen atoms in total. The molecule has 5 aromatic carbocycles. The zero-order valence-electron chi connectivity index (χ0n) is 26.9. The molecule has 46 heavy (non-hydrogen) atoms. The molecule has 5 aromatic rings. The van der Waals surface area contributed by atoms with Gasteiger partial charge in [-0.3, -0.25) is 0 Å². The molecule has 0 bridgehead atoms. The van der Waals surface area contributed by atoms with Gasteiger partial charge in [0.2, 0.25) is 0 Å². The number of benzene rings is 5. The van der Waals surface area contributed by atoms with Gasteiger partial charge < -0.3 is 14.4 Å². The van der Waals surface area contributed by atoms with Crippen molar-refractivity contribution in [1.29, 1.82) is 0 Å². The van der Waals surface area contributed by atoms with Crippen LogP contribution in [0.2, 0.25) is 0 Å². The average Bonchev–Trinajstić information content (AvgIpc) is 3.96. The van der Waals surface area contributed by atoms with E-state index in [1.54, 1.807) is 0 Å². The molecular weight excluding hydrogens is 562 g/mol. The van der Waals surface area contributed by atoms with Crippen LogP contribution in [0.5, 0.6) is 11.5 Å². The fourth-order valence-electron chi connectivity index (χ4n) is 5.89. The highest BCUT2D eigenvalue weighted by atomic mass is 16.5. The van der Waals surface area contributed by atoms with Crippen molar-refractivity contribution in [2.24, 2.45) is 0 Å². The van der Waals surface area contributed by atoms with E-state index in [1.807, 2.05) is 24.3 Å². The number of para-hydroxylation sites is 1. The number of hydrogen-bond donors (Lipinski definition) is 0. The predicted octanol–water partition coefficient (Wildman–Crippen LogP) is 10.7. The van der Waals surface area contributed by atoms with Crippen LogP contribution in [-0.4, -0.2) is 13.2 Å². The Labute approximate surface area is 274 Å². The van der Waals surface area contributed by atoms with Crippen LogP contribution in [0, 0.1) is 13.3 Å². The Hall–Kier alpha value is -5.02. The van der Waals surface area contributed by atoms with Crippen molar-refractivity contribution in [3.63, 3.8) is 0 Å². The smallest absolute Gasteiger partial charge is 0.128 e. The molecule has 0 N–H and O–H groups in total. The third-order valence-electron chi connectivity index (χ3n) is 8.46. The van der Waals surface area contributed by atoms with E-state index in [0.717, 1.165) is 67.1 Å². The van der Waals surface area contributed by atoms with Crippen molar-refractivity contribution in [2.75, 3.05) is 18.1 Å². The molecule has 0 saturated carbocycles. The molecule has 231 valence electrons. The fourth-order valence-corrected chi connectivity index (χ4v) is 5.89. The molecular formula is C43H42NO2. The Balaban J connectivity index is 0.000000471. The summed E-state index contributed by atoms with van der Waals surface area (Å²) in [4.78, 5) is 2.39. The molecule has 1 aliphatic heterocycles. The van der Waals surface area contributed by atoms with E-state index < -0.39 is 0 Å². The molecule has 0 unspecified atom stereocenters. The first kappa shape index (κ1) is 31.0. The van der Waals surface area contributed by atoms with Crippen molar-refractivity contribution in [1.82, 2.24) is 0 Å². The average molecular weight is 605 g/mol. The Morgan fingerprint density at radius 3 is 2.26 bits per heavy atom. The van der Waals surface area contributed by atoms with Crippen LogP contribution in [0.3, 0.4) is 0 Å². The molecule has 1 heterocycles. The van der Waals surface area contributed by atoms with Gasteiger partial charge in [-0.2, -0.15) is 0 Å². The summed E-state index contributed by atoms with van der Waals surface area (Å²) in [7, 11) is 0. The van der Waals surface area contributed by atoms with Crippen LogP contribution in [0.4, 0.5) is 5.69 Å². The van der Waals surface area contributed by atoms with E-state index in [1.165, 1.54) is 33.5 Å². The van der Waals surface area contributed by atoms with E-state index in [9.17, 15) is 0 Å². The molecule has 0 atom stereocenters. The second-order valence-electron chi connectivity index (χ2n) is 11.8. The van der Waals surface area contributed by atoms with Crippen molar-refractivity contribution < 1.29 is 9.47 Å².